The van der Waals surface area contributed by atoms with Crippen molar-refractivity contribution >= 4 is 5.71 Å². The molecule has 0 aromatic heterocycles. The van der Waals surface area contributed by atoms with Gasteiger partial charge in [-0.1, -0.05) is 38.1 Å². The molecule has 0 heterocycles. The molecule has 2 heteroatoms. The van der Waals surface area contributed by atoms with E-state index in [0.717, 1.165) is 12.1 Å². The van der Waals surface area contributed by atoms with E-state index in [1.165, 1.54) is 11.1 Å². The molecule has 0 aliphatic carbocycles. The molecule has 14 heavy (non-hydrogen) atoms. The molecule has 0 atom stereocenters. The van der Waals surface area contributed by atoms with Crippen LogP contribution in [0.25, 0.3) is 0 Å². The predicted molar refractivity (Wildman–Crippen MR) is 61.5 cm³/mol. The standard InChI is InChI=1S/C12H18N2/c1-9(2)12-6-4-11(5-7-12)8-10(3)14-13/h4-7,9H,8,13H2,1-3H3/b14-10+. The van der Waals surface area contributed by atoms with Crippen LogP contribution >= 0.6 is 0 Å². The third-order valence-corrected chi connectivity index (χ3v) is 2.33. The summed E-state index contributed by atoms with van der Waals surface area (Å²) < 4.78 is 0. The summed E-state index contributed by atoms with van der Waals surface area (Å²) in [7, 11) is 0. The highest BCUT2D eigenvalue weighted by atomic mass is 15.1. The van der Waals surface area contributed by atoms with Crippen LogP contribution in [0.5, 0.6) is 0 Å². The average molecular weight is 190 g/mol. The molecule has 0 saturated heterocycles. The summed E-state index contributed by atoms with van der Waals surface area (Å²) in [6.45, 7) is 6.33. The molecule has 1 rings (SSSR count). The zero-order valence-corrected chi connectivity index (χ0v) is 9.12. The Morgan fingerprint density at radius 2 is 1.86 bits per heavy atom. The Morgan fingerprint density at radius 3 is 2.29 bits per heavy atom. The van der Waals surface area contributed by atoms with E-state index in [4.69, 9.17) is 5.84 Å². The van der Waals surface area contributed by atoms with Gasteiger partial charge in [-0.25, -0.2) is 0 Å². The maximum absolute atomic E-state index is 5.19. The summed E-state index contributed by atoms with van der Waals surface area (Å²) in [5.74, 6) is 5.78. The van der Waals surface area contributed by atoms with Gasteiger partial charge < -0.3 is 5.84 Å². The minimum absolute atomic E-state index is 0.591. The highest BCUT2D eigenvalue weighted by molar-refractivity contribution is 5.83. The van der Waals surface area contributed by atoms with Crippen LogP contribution in [-0.4, -0.2) is 5.71 Å². The number of hydrazone groups is 1. The monoisotopic (exact) mass is 190 g/mol. The van der Waals surface area contributed by atoms with Crippen LogP contribution in [0, 0.1) is 0 Å². The van der Waals surface area contributed by atoms with E-state index in [2.05, 4.69) is 43.2 Å². The number of hydrogen-bond donors (Lipinski definition) is 1. The van der Waals surface area contributed by atoms with Gasteiger partial charge >= 0.3 is 0 Å². The molecule has 0 fully saturated rings. The first-order chi connectivity index (χ1) is 6.63. The van der Waals surface area contributed by atoms with Gasteiger partial charge in [-0.3, -0.25) is 0 Å². The minimum Gasteiger partial charge on any atom is -0.323 e. The second kappa shape index (κ2) is 4.80. The van der Waals surface area contributed by atoms with Crippen LogP contribution in [0.1, 0.15) is 37.8 Å². The molecule has 0 unspecified atom stereocenters. The van der Waals surface area contributed by atoms with Crippen molar-refractivity contribution in [3.63, 3.8) is 0 Å². The van der Waals surface area contributed by atoms with E-state index in [9.17, 15) is 0 Å². The fraction of sp³-hybridized carbons (Fsp3) is 0.417. The molecule has 0 spiro atoms. The van der Waals surface area contributed by atoms with E-state index in [0.29, 0.717) is 5.92 Å². The fourth-order valence-electron chi connectivity index (χ4n) is 1.36. The second-order valence-electron chi connectivity index (χ2n) is 3.94. The summed E-state index contributed by atoms with van der Waals surface area (Å²) in [4.78, 5) is 0. The molecular weight excluding hydrogens is 172 g/mol. The Hall–Kier alpha value is -1.31. The summed E-state index contributed by atoms with van der Waals surface area (Å²) in [6.07, 6.45) is 0.842. The van der Waals surface area contributed by atoms with Crippen molar-refractivity contribution in [3.8, 4) is 0 Å². The van der Waals surface area contributed by atoms with E-state index in [1.807, 2.05) is 6.92 Å². The van der Waals surface area contributed by atoms with Gasteiger partial charge in [0.25, 0.3) is 0 Å². The first-order valence-corrected chi connectivity index (χ1v) is 4.95. The Balaban J connectivity index is 2.74. The van der Waals surface area contributed by atoms with Crippen molar-refractivity contribution in [2.24, 2.45) is 10.9 Å². The van der Waals surface area contributed by atoms with Crippen LogP contribution in [0.15, 0.2) is 29.4 Å². The fourth-order valence-corrected chi connectivity index (χ4v) is 1.36. The van der Waals surface area contributed by atoms with Gasteiger partial charge in [0.2, 0.25) is 0 Å². The van der Waals surface area contributed by atoms with Crippen LogP contribution in [0.3, 0.4) is 0 Å². The van der Waals surface area contributed by atoms with Crippen LogP contribution < -0.4 is 5.84 Å². The zero-order chi connectivity index (χ0) is 10.6. The van der Waals surface area contributed by atoms with Crippen molar-refractivity contribution < 1.29 is 0 Å². The summed E-state index contributed by atoms with van der Waals surface area (Å²) in [5, 5.41) is 3.66. The predicted octanol–water partition coefficient (Wildman–Crippen LogP) is 2.69. The van der Waals surface area contributed by atoms with Crippen molar-refractivity contribution in [2.75, 3.05) is 0 Å². The Morgan fingerprint density at radius 1 is 1.29 bits per heavy atom. The van der Waals surface area contributed by atoms with Gasteiger partial charge in [-0.05, 0) is 24.0 Å². The molecule has 0 aliphatic rings. The van der Waals surface area contributed by atoms with Crippen molar-refractivity contribution in [1.82, 2.24) is 0 Å². The molecule has 0 radical (unpaired) electrons. The first kappa shape index (κ1) is 10.8. The molecular formula is C12H18N2. The molecule has 76 valence electrons. The lowest BCUT2D eigenvalue weighted by molar-refractivity contribution is 0.865. The van der Waals surface area contributed by atoms with Gasteiger partial charge in [-0.2, -0.15) is 5.10 Å². The van der Waals surface area contributed by atoms with E-state index < -0.39 is 0 Å². The minimum atomic E-state index is 0.591. The summed E-state index contributed by atoms with van der Waals surface area (Å²) >= 11 is 0. The van der Waals surface area contributed by atoms with Crippen LogP contribution in [-0.2, 0) is 6.42 Å². The normalized spacial score (nSPS) is 12.1. The Kier molecular flexibility index (Phi) is 3.69. The number of benzene rings is 1. The number of nitrogens with two attached hydrogens (primary N) is 1. The maximum Gasteiger partial charge on any atom is 0.0388 e. The lowest BCUT2D eigenvalue weighted by Crippen LogP contribution is -2.01. The quantitative estimate of drug-likeness (QED) is 0.444. The molecule has 1 aromatic rings. The summed E-state index contributed by atoms with van der Waals surface area (Å²) in [6, 6.07) is 8.63. The third kappa shape index (κ3) is 2.87. The molecule has 0 amide bonds. The van der Waals surface area contributed by atoms with Crippen LogP contribution in [0.4, 0.5) is 0 Å². The highest BCUT2D eigenvalue weighted by Crippen LogP contribution is 2.14. The van der Waals surface area contributed by atoms with Gasteiger partial charge in [0, 0.05) is 12.1 Å². The second-order valence-corrected chi connectivity index (χ2v) is 3.94. The SMILES string of the molecule is C/C(Cc1ccc(C(C)C)cc1)=N\N. The lowest BCUT2D eigenvalue weighted by Gasteiger charge is -2.06. The van der Waals surface area contributed by atoms with Gasteiger partial charge in [-0.15, -0.1) is 0 Å². The molecule has 1 aromatic carbocycles. The molecule has 2 N–H and O–H groups in total. The number of nitrogens with zero attached hydrogens (tertiary/aromatic N) is 1. The highest BCUT2D eigenvalue weighted by Gasteiger charge is 1.99. The first-order valence-electron chi connectivity index (χ1n) is 4.95. The average Bonchev–Trinajstić information content (AvgIpc) is 2.18. The molecule has 0 saturated carbocycles. The zero-order valence-electron chi connectivity index (χ0n) is 9.12. The van der Waals surface area contributed by atoms with Gasteiger partial charge in [0.1, 0.15) is 0 Å². The van der Waals surface area contributed by atoms with Gasteiger partial charge in [0.15, 0.2) is 0 Å². The number of hydrogen-bond acceptors (Lipinski definition) is 2. The number of rotatable bonds is 3. The maximum atomic E-state index is 5.19. The molecule has 0 aliphatic heterocycles. The third-order valence-electron chi connectivity index (χ3n) is 2.33. The Bertz CT molecular complexity index is 310. The van der Waals surface area contributed by atoms with Crippen molar-refractivity contribution in [1.29, 1.82) is 0 Å². The topological polar surface area (TPSA) is 38.4 Å². The largest absolute Gasteiger partial charge is 0.323 e. The van der Waals surface area contributed by atoms with Gasteiger partial charge in [0.05, 0.1) is 0 Å². The summed E-state index contributed by atoms with van der Waals surface area (Å²) in [5.41, 5.74) is 3.60. The smallest absolute Gasteiger partial charge is 0.0388 e. The molecule has 0 bridgehead atoms. The van der Waals surface area contributed by atoms with E-state index in [1.54, 1.807) is 0 Å². The van der Waals surface area contributed by atoms with E-state index in [-0.39, 0.29) is 0 Å². The van der Waals surface area contributed by atoms with Crippen LogP contribution in [0.2, 0.25) is 0 Å². The van der Waals surface area contributed by atoms with E-state index >= 15 is 0 Å². The van der Waals surface area contributed by atoms with Crippen molar-refractivity contribution in [2.45, 2.75) is 33.1 Å². The lowest BCUT2D eigenvalue weighted by atomic mass is 10.0. The van der Waals surface area contributed by atoms with Crippen molar-refractivity contribution in [3.05, 3.63) is 35.4 Å². The molecule has 2 nitrogen and oxygen atoms in total. The Labute approximate surface area is 85.8 Å².